The van der Waals surface area contributed by atoms with Crippen molar-refractivity contribution in [2.24, 2.45) is 11.1 Å². The Morgan fingerprint density at radius 2 is 1.63 bits per heavy atom. The lowest BCUT2D eigenvalue weighted by Crippen LogP contribution is -2.42. The zero-order chi connectivity index (χ0) is 14.0. The number of benzene rings is 1. The molecule has 0 radical (unpaired) electrons. The van der Waals surface area contributed by atoms with Gasteiger partial charge in [-0.2, -0.15) is 0 Å². The predicted molar refractivity (Wildman–Crippen MR) is 69.0 cm³/mol. The molecule has 0 amide bonds. The van der Waals surface area contributed by atoms with Crippen LogP contribution in [-0.2, 0) is 9.59 Å². The van der Waals surface area contributed by atoms with E-state index in [1.807, 2.05) is 0 Å². The maximum Gasteiger partial charge on any atom is 0.326 e. The fourth-order valence-electron chi connectivity index (χ4n) is 2.23. The van der Waals surface area contributed by atoms with Crippen molar-refractivity contribution < 1.29 is 19.8 Å². The first-order chi connectivity index (χ1) is 8.98. The normalized spacial score (nSPS) is 17.3. The number of carboxylic acids is 2. The number of aliphatic carboxylic acids is 2. The van der Waals surface area contributed by atoms with E-state index in [0.717, 1.165) is 0 Å². The molecule has 1 aliphatic rings. The highest BCUT2D eigenvalue weighted by molar-refractivity contribution is 6.11. The van der Waals surface area contributed by atoms with E-state index in [0.29, 0.717) is 5.56 Å². The fraction of sp³-hybridized carbons (Fsp3) is 0.143. The third kappa shape index (κ3) is 1.99. The van der Waals surface area contributed by atoms with Crippen LogP contribution in [0.4, 0.5) is 0 Å². The summed E-state index contributed by atoms with van der Waals surface area (Å²) in [6, 6.07) is 8.60. The van der Waals surface area contributed by atoms with Crippen LogP contribution in [0, 0.1) is 5.41 Å². The van der Waals surface area contributed by atoms with E-state index in [1.165, 1.54) is 6.08 Å². The van der Waals surface area contributed by atoms with Crippen LogP contribution in [0.3, 0.4) is 0 Å². The molecule has 1 aromatic rings. The third-order valence-electron chi connectivity index (χ3n) is 3.21. The van der Waals surface area contributed by atoms with Crippen LogP contribution in [0.1, 0.15) is 12.0 Å². The van der Waals surface area contributed by atoms with Gasteiger partial charge in [0.2, 0.25) is 0 Å². The molecule has 1 aliphatic carbocycles. The fourth-order valence-corrected chi connectivity index (χ4v) is 2.23. The van der Waals surface area contributed by atoms with Crippen LogP contribution >= 0.6 is 0 Å². The maximum absolute atomic E-state index is 11.5. The molecular formula is C14H13NO4. The number of allylic oxidation sites excluding steroid dienone is 3. The average molecular weight is 259 g/mol. The third-order valence-corrected chi connectivity index (χ3v) is 3.21. The van der Waals surface area contributed by atoms with E-state index in [-0.39, 0.29) is 17.7 Å². The standard InChI is InChI=1S/C14H13NO4/c15-10-6-7-11(9-4-2-1-3-5-9)14(8-10,12(16)17)13(18)19/h1-7H,8,15H2,(H,16,17)(H,18,19). The Bertz CT molecular complexity index is 573. The van der Waals surface area contributed by atoms with Gasteiger partial charge in [-0.25, -0.2) is 0 Å². The molecule has 0 bridgehead atoms. The van der Waals surface area contributed by atoms with Crippen molar-refractivity contribution in [1.29, 1.82) is 0 Å². The molecule has 0 aliphatic heterocycles. The number of hydrogen-bond donors (Lipinski definition) is 3. The Morgan fingerprint density at radius 1 is 1.05 bits per heavy atom. The summed E-state index contributed by atoms with van der Waals surface area (Å²) in [6.45, 7) is 0. The van der Waals surface area contributed by atoms with Gasteiger partial charge in [0, 0.05) is 12.1 Å². The second kappa shape index (κ2) is 4.61. The first-order valence-electron chi connectivity index (χ1n) is 5.67. The summed E-state index contributed by atoms with van der Waals surface area (Å²) in [5.41, 5.74) is 4.63. The summed E-state index contributed by atoms with van der Waals surface area (Å²) < 4.78 is 0. The lowest BCUT2D eigenvalue weighted by atomic mass is 9.71. The Morgan fingerprint density at radius 3 is 2.16 bits per heavy atom. The Labute approximate surface area is 109 Å². The number of rotatable bonds is 3. The van der Waals surface area contributed by atoms with Crippen molar-refractivity contribution in [1.82, 2.24) is 0 Å². The Hall–Kier alpha value is -2.56. The molecule has 4 N–H and O–H groups in total. The smallest absolute Gasteiger partial charge is 0.326 e. The molecule has 0 unspecified atom stereocenters. The van der Waals surface area contributed by atoms with Gasteiger partial charge in [0.15, 0.2) is 5.41 Å². The van der Waals surface area contributed by atoms with Gasteiger partial charge in [-0.3, -0.25) is 9.59 Å². The minimum absolute atomic E-state index is 0.238. The van der Waals surface area contributed by atoms with Crippen LogP contribution in [0.5, 0.6) is 0 Å². The first kappa shape index (κ1) is 12.9. The molecule has 0 spiro atoms. The van der Waals surface area contributed by atoms with Gasteiger partial charge >= 0.3 is 11.9 Å². The van der Waals surface area contributed by atoms with Crippen molar-refractivity contribution in [3.05, 3.63) is 53.7 Å². The topological polar surface area (TPSA) is 101 Å². The summed E-state index contributed by atoms with van der Waals surface area (Å²) in [5, 5.41) is 18.8. The van der Waals surface area contributed by atoms with Crippen LogP contribution in [0.2, 0.25) is 0 Å². The molecule has 0 atom stereocenters. The molecule has 0 aromatic heterocycles. The van der Waals surface area contributed by atoms with E-state index in [1.54, 1.807) is 36.4 Å². The number of nitrogens with two attached hydrogens (primary N) is 1. The highest BCUT2D eigenvalue weighted by atomic mass is 16.4. The molecule has 0 heterocycles. The summed E-state index contributed by atoms with van der Waals surface area (Å²) in [4.78, 5) is 23.1. The van der Waals surface area contributed by atoms with Crippen LogP contribution in [0.15, 0.2) is 48.2 Å². The van der Waals surface area contributed by atoms with Gasteiger partial charge in [-0.1, -0.05) is 36.4 Å². The van der Waals surface area contributed by atoms with E-state index in [4.69, 9.17) is 5.73 Å². The van der Waals surface area contributed by atoms with Gasteiger partial charge in [0.25, 0.3) is 0 Å². The molecule has 5 nitrogen and oxygen atoms in total. The highest BCUT2D eigenvalue weighted by Gasteiger charge is 2.51. The summed E-state index contributed by atoms with van der Waals surface area (Å²) >= 11 is 0. The second-order valence-corrected chi connectivity index (χ2v) is 4.38. The number of hydrogen-bond acceptors (Lipinski definition) is 3. The molecule has 19 heavy (non-hydrogen) atoms. The van der Waals surface area contributed by atoms with E-state index in [9.17, 15) is 19.8 Å². The predicted octanol–water partition coefficient (Wildman–Crippen LogP) is 1.47. The van der Waals surface area contributed by atoms with Crippen LogP contribution in [-0.4, -0.2) is 22.2 Å². The average Bonchev–Trinajstić information content (AvgIpc) is 2.39. The highest BCUT2D eigenvalue weighted by Crippen LogP contribution is 2.43. The summed E-state index contributed by atoms with van der Waals surface area (Å²) in [6.07, 6.45) is 2.78. The van der Waals surface area contributed by atoms with Crippen molar-refractivity contribution in [2.45, 2.75) is 6.42 Å². The van der Waals surface area contributed by atoms with Crippen LogP contribution in [0.25, 0.3) is 5.57 Å². The van der Waals surface area contributed by atoms with E-state index >= 15 is 0 Å². The van der Waals surface area contributed by atoms with Crippen molar-refractivity contribution >= 4 is 17.5 Å². The second-order valence-electron chi connectivity index (χ2n) is 4.38. The maximum atomic E-state index is 11.5. The van der Waals surface area contributed by atoms with Gasteiger partial charge in [-0.15, -0.1) is 0 Å². The molecule has 1 aromatic carbocycles. The minimum atomic E-state index is -2.03. The lowest BCUT2D eigenvalue weighted by Gasteiger charge is -2.30. The Balaban J connectivity index is 2.66. The monoisotopic (exact) mass is 259 g/mol. The lowest BCUT2D eigenvalue weighted by molar-refractivity contribution is -0.159. The molecular weight excluding hydrogens is 246 g/mol. The zero-order valence-corrected chi connectivity index (χ0v) is 10.0. The molecule has 0 saturated heterocycles. The van der Waals surface area contributed by atoms with Gasteiger partial charge in [-0.05, 0) is 17.2 Å². The molecule has 2 rings (SSSR count). The SMILES string of the molecule is NC1=CC=C(c2ccccc2)C(C(=O)O)(C(=O)O)C1. The van der Waals surface area contributed by atoms with Crippen molar-refractivity contribution in [3.63, 3.8) is 0 Å². The molecule has 0 fully saturated rings. The molecule has 5 heteroatoms. The van der Waals surface area contributed by atoms with Crippen LogP contribution < -0.4 is 5.73 Å². The largest absolute Gasteiger partial charge is 0.480 e. The Kier molecular flexibility index (Phi) is 3.12. The molecule has 98 valence electrons. The number of carboxylic acid groups (broad SMARTS) is 2. The molecule has 0 saturated carbocycles. The first-order valence-corrected chi connectivity index (χ1v) is 5.67. The quantitative estimate of drug-likeness (QED) is 0.714. The zero-order valence-electron chi connectivity index (χ0n) is 10.0. The van der Waals surface area contributed by atoms with E-state index in [2.05, 4.69) is 0 Å². The van der Waals surface area contributed by atoms with Gasteiger partial charge in [0.05, 0.1) is 0 Å². The summed E-state index contributed by atoms with van der Waals surface area (Å²) in [5.74, 6) is -2.82. The van der Waals surface area contributed by atoms with Gasteiger partial charge in [0.1, 0.15) is 0 Å². The van der Waals surface area contributed by atoms with E-state index < -0.39 is 17.4 Å². The van der Waals surface area contributed by atoms with Crippen molar-refractivity contribution in [3.8, 4) is 0 Å². The minimum Gasteiger partial charge on any atom is -0.480 e. The van der Waals surface area contributed by atoms with Gasteiger partial charge < -0.3 is 15.9 Å². The number of carbonyl (C=O) groups is 2. The summed E-state index contributed by atoms with van der Waals surface area (Å²) in [7, 11) is 0. The van der Waals surface area contributed by atoms with Crippen molar-refractivity contribution in [2.75, 3.05) is 0 Å².